The molecule has 5 fully saturated rings. The average molecular weight is 1440 g/mol. The van der Waals surface area contributed by atoms with Gasteiger partial charge in [0.05, 0.1) is 13.0 Å². The van der Waals surface area contributed by atoms with Crippen molar-refractivity contribution >= 4 is 70.9 Å². The molecule has 564 valence electrons. The highest BCUT2D eigenvalue weighted by Crippen LogP contribution is 2.38. The molecule has 3 saturated heterocycles. The van der Waals surface area contributed by atoms with E-state index in [0.29, 0.717) is 62.6 Å². The first-order valence-electron chi connectivity index (χ1n) is 35.9. The van der Waals surface area contributed by atoms with Gasteiger partial charge in [0.2, 0.25) is 70.9 Å². The molecule has 3 heterocycles. The van der Waals surface area contributed by atoms with Crippen LogP contribution in [0.3, 0.4) is 0 Å². The topological polar surface area (TPSA) is 270 Å². The van der Waals surface area contributed by atoms with Gasteiger partial charge in [0, 0.05) is 75.4 Å². The zero-order chi connectivity index (χ0) is 75.7. The smallest absolute Gasteiger partial charge is 0.347 e. The summed E-state index contributed by atoms with van der Waals surface area (Å²) in [7, 11) is 9.83. The lowest BCUT2D eigenvalue weighted by Crippen LogP contribution is -2.65. The lowest BCUT2D eigenvalue weighted by Gasteiger charge is -2.45. The molecule has 0 radical (unpaired) electrons. The minimum absolute atomic E-state index is 0.0487. The van der Waals surface area contributed by atoms with E-state index in [4.69, 9.17) is 0 Å². The molecule has 3 aliphatic heterocycles. The number of likely N-dealkylation sites (N-methyl/N-ethyl adjacent to an activating group) is 7. The number of carbonyl (C=O) groups is 12. The molecular formula is C73H105F5N12O12. The summed E-state index contributed by atoms with van der Waals surface area (Å²) in [5, 5.41) is 8.52. The summed E-state index contributed by atoms with van der Waals surface area (Å²) in [6, 6.07) is -3.71. The van der Waals surface area contributed by atoms with E-state index in [1.165, 1.54) is 90.6 Å². The molecule has 102 heavy (non-hydrogen) atoms. The van der Waals surface area contributed by atoms with E-state index in [1.54, 1.807) is 26.0 Å². The van der Waals surface area contributed by atoms with Gasteiger partial charge in [-0.2, -0.15) is 13.2 Å². The normalized spacial score (nSPS) is 26.4. The number of nitrogens with zero attached hydrogens (tertiary/aromatic N) is 9. The van der Waals surface area contributed by atoms with Crippen LogP contribution in [0.15, 0.2) is 36.4 Å². The first kappa shape index (κ1) is 81.0. The van der Waals surface area contributed by atoms with Gasteiger partial charge >= 0.3 is 6.18 Å². The van der Waals surface area contributed by atoms with E-state index in [2.05, 4.69) is 16.0 Å². The van der Waals surface area contributed by atoms with Crippen LogP contribution in [0.4, 0.5) is 22.0 Å². The summed E-state index contributed by atoms with van der Waals surface area (Å²) in [5.74, 6) is -13.6. The first-order chi connectivity index (χ1) is 47.9. The molecule has 24 nitrogen and oxygen atoms in total. The zero-order valence-electron chi connectivity index (χ0n) is 61.6. The third-order valence-corrected chi connectivity index (χ3v) is 21.7. The number of nitrogens with one attached hydrogen (secondary N) is 3. The van der Waals surface area contributed by atoms with Crippen molar-refractivity contribution < 1.29 is 79.5 Å². The van der Waals surface area contributed by atoms with Crippen molar-refractivity contribution in [2.45, 2.75) is 224 Å². The molecule has 29 heteroatoms. The van der Waals surface area contributed by atoms with Gasteiger partial charge in [0.1, 0.15) is 77.1 Å². The van der Waals surface area contributed by atoms with Crippen molar-refractivity contribution in [3.63, 3.8) is 0 Å². The predicted molar refractivity (Wildman–Crippen MR) is 368 cm³/mol. The third-order valence-electron chi connectivity index (χ3n) is 21.7. The van der Waals surface area contributed by atoms with Crippen LogP contribution in [0.1, 0.15) is 160 Å². The number of benzene rings is 2. The van der Waals surface area contributed by atoms with Gasteiger partial charge in [-0.3, -0.25) is 57.5 Å². The molecule has 2 unspecified atom stereocenters. The summed E-state index contributed by atoms with van der Waals surface area (Å²) in [6.07, 6.45) is -2.62. The zero-order valence-corrected chi connectivity index (χ0v) is 61.6. The second kappa shape index (κ2) is 34.3. The maximum Gasteiger partial charge on any atom is 0.422 e. The Balaban J connectivity index is 1.31. The Morgan fingerprint density at radius 1 is 0.667 bits per heavy atom. The molecule has 10 atom stereocenters. The minimum Gasteiger partial charge on any atom is -0.347 e. The van der Waals surface area contributed by atoms with Crippen LogP contribution >= 0.6 is 0 Å². The van der Waals surface area contributed by atoms with Gasteiger partial charge in [-0.25, -0.2) is 8.78 Å². The summed E-state index contributed by atoms with van der Waals surface area (Å²) in [6.45, 7) is 11.4. The molecule has 0 bridgehead atoms. The highest BCUT2D eigenvalue weighted by Gasteiger charge is 2.52. The van der Waals surface area contributed by atoms with Crippen molar-refractivity contribution in [1.29, 1.82) is 0 Å². The maximum absolute atomic E-state index is 15.6. The highest BCUT2D eigenvalue weighted by molar-refractivity contribution is 6.01. The average Bonchev–Trinajstić information content (AvgIpc) is 1.31. The molecule has 0 aromatic heterocycles. The van der Waals surface area contributed by atoms with E-state index in [-0.39, 0.29) is 76.1 Å². The number of alkyl halides is 3. The molecule has 2 aromatic carbocycles. The second-order valence-corrected chi connectivity index (χ2v) is 29.4. The Hall–Kier alpha value is -8.27. The number of carbonyl (C=O) groups excluding carboxylic acids is 12. The van der Waals surface area contributed by atoms with E-state index < -0.39 is 192 Å². The largest absolute Gasteiger partial charge is 0.422 e. The van der Waals surface area contributed by atoms with Gasteiger partial charge in [-0.1, -0.05) is 89.6 Å². The van der Waals surface area contributed by atoms with Gasteiger partial charge < -0.3 is 60.0 Å². The second-order valence-electron chi connectivity index (χ2n) is 29.4. The SMILES string of the molecule is CC[C@H](C)[C@@H]1NC(=O)[C@H](CC(C)C)N(C)C(=O)C[C@@H](C(=O)N(C)C)N(C)C(=O)[C@H](C2CCCC2)N(C)C(=O)C2(CCCC2)NC(=O)[C@@H]2CCCN2C(=O)[C@H](CCc2cc(F)c(C(F)(F)F)c(F)c2)NC(=O)CN(C)C(=O)[C@H](Cc2ccc(C)cc2)N(CC)C(=O)C2CCN2C(=O)C(C)N(C)C1=O. The van der Waals surface area contributed by atoms with Crippen molar-refractivity contribution in [1.82, 2.24) is 60.0 Å². The van der Waals surface area contributed by atoms with Crippen LogP contribution in [-0.4, -0.2) is 250 Å². The van der Waals surface area contributed by atoms with Crippen LogP contribution < -0.4 is 16.0 Å². The van der Waals surface area contributed by atoms with E-state index in [0.717, 1.165) is 15.4 Å². The Kier molecular flexibility index (Phi) is 27.3. The molecule has 2 aromatic rings. The number of fused-ring (bicyclic) bond motifs is 2. The van der Waals surface area contributed by atoms with Crippen LogP contribution in [0, 0.1) is 36.3 Å². The Morgan fingerprint density at radius 2 is 1.27 bits per heavy atom. The molecule has 12 amide bonds. The summed E-state index contributed by atoms with van der Waals surface area (Å²) in [4.78, 5) is 191. The standard InChI is InChI=1S/C73H105F5N12O12/c1-15-44(6)60-69(100)84(11)45(7)64(95)90-35-31-53(90)68(99)88(16-2)56(39-46-27-25-43(5)26-28-46)67(98)83(10)41-57(91)79-51(30-29-47-37-49(74)59(50(75)38-47)73(76,77)78)65(96)89-34-21-24-52(89)63(94)81-72(32-19-20-33-72)71(102)87(14)61(48-22-17-18-23-48)70(101)86(13)55(66(97)82(8)9)40-58(92)85(12)54(36-42(3)4)62(93)80-60/h25-28,37-38,42,44-45,48,51-56,60-61H,15-24,29-36,39-41H2,1-14H3,(H,79,91)(H,80,93)(H,81,94)/t44-,45?,51-,52-,53?,54-,55-,56-,60-,61-/m0/s1. The highest BCUT2D eigenvalue weighted by atomic mass is 19.4. The predicted octanol–water partition coefficient (Wildman–Crippen LogP) is 5.24. The van der Waals surface area contributed by atoms with Crippen LogP contribution in [-0.2, 0) is 76.6 Å². The molecule has 3 N–H and O–H groups in total. The number of halogens is 5. The van der Waals surface area contributed by atoms with Crippen LogP contribution in [0.25, 0.3) is 0 Å². The number of amides is 12. The molecule has 7 rings (SSSR count). The van der Waals surface area contributed by atoms with Crippen molar-refractivity contribution in [2.75, 3.05) is 75.5 Å². The van der Waals surface area contributed by atoms with Gasteiger partial charge in [0.15, 0.2) is 0 Å². The molecule has 2 saturated carbocycles. The molecular weight excluding hydrogens is 1330 g/mol. The van der Waals surface area contributed by atoms with E-state index in [9.17, 15) is 41.9 Å². The van der Waals surface area contributed by atoms with Gasteiger partial charge in [-0.15, -0.1) is 0 Å². The van der Waals surface area contributed by atoms with Crippen molar-refractivity contribution in [3.8, 4) is 0 Å². The number of rotatable bonds is 12. The monoisotopic (exact) mass is 1440 g/mol. The van der Waals surface area contributed by atoms with E-state index >= 15 is 37.5 Å². The Bertz CT molecular complexity index is 3410. The van der Waals surface area contributed by atoms with Crippen LogP contribution in [0.5, 0.6) is 0 Å². The molecule has 1 spiro atoms. The van der Waals surface area contributed by atoms with Crippen molar-refractivity contribution in [3.05, 3.63) is 70.3 Å². The third kappa shape index (κ3) is 18.4. The quantitative estimate of drug-likeness (QED) is 0.231. The summed E-state index contributed by atoms with van der Waals surface area (Å²) >= 11 is 0. The van der Waals surface area contributed by atoms with Gasteiger partial charge in [0.25, 0.3) is 0 Å². The fourth-order valence-electron chi connectivity index (χ4n) is 15.1. The first-order valence-corrected chi connectivity index (χ1v) is 35.9. The number of hydrogen-bond acceptors (Lipinski definition) is 12. The van der Waals surface area contributed by atoms with Crippen LogP contribution in [0.2, 0.25) is 0 Å². The molecule has 2 aliphatic carbocycles. The maximum atomic E-state index is 15.6. The number of aryl methyl sites for hydroxylation is 2. The Labute approximate surface area is 595 Å². The number of hydrogen-bond donors (Lipinski definition) is 3. The summed E-state index contributed by atoms with van der Waals surface area (Å²) < 4.78 is 71.5. The lowest BCUT2D eigenvalue weighted by molar-refractivity contribution is -0.161. The molecule has 5 aliphatic rings. The fourth-order valence-corrected chi connectivity index (χ4v) is 15.1. The minimum atomic E-state index is -5.40. The lowest BCUT2D eigenvalue weighted by atomic mass is 9.90. The fraction of sp³-hybridized carbons (Fsp3) is 0.671. The van der Waals surface area contributed by atoms with Crippen molar-refractivity contribution in [2.24, 2.45) is 17.8 Å². The van der Waals surface area contributed by atoms with Gasteiger partial charge in [-0.05, 0) is 126 Å². The Morgan fingerprint density at radius 3 is 1.82 bits per heavy atom. The van der Waals surface area contributed by atoms with E-state index in [1.807, 2.05) is 39.8 Å². The summed E-state index contributed by atoms with van der Waals surface area (Å²) in [5.41, 5.74) is -2.58.